The number of nitrogens with zero attached hydrogens (tertiary/aromatic N) is 2. The fraction of sp³-hybridized carbons (Fsp3) is 0.700. The Labute approximate surface area is 90.8 Å². The molecule has 0 amide bonds. The number of aryl methyl sites for hydroxylation is 1. The lowest BCUT2D eigenvalue weighted by atomic mass is 9.85. The van der Waals surface area contributed by atoms with Gasteiger partial charge >= 0.3 is 7.05 Å². The molecular formula is C10H18BN3O. The van der Waals surface area contributed by atoms with E-state index in [0.717, 1.165) is 25.4 Å². The summed E-state index contributed by atoms with van der Waals surface area (Å²) in [5, 5.41) is 9.43. The number of nitrogens with one attached hydrogen (secondary N) is 1. The molecule has 0 saturated carbocycles. The van der Waals surface area contributed by atoms with Crippen molar-refractivity contribution in [3.8, 4) is 0 Å². The van der Waals surface area contributed by atoms with Gasteiger partial charge in [-0.25, -0.2) is 4.98 Å². The SMILES string of the molecule is CB(O)N1CCC(CCc2cnc[nH]2)C1. The minimum atomic E-state index is -0.290. The summed E-state index contributed by atoms with van der Waals surface area (Å²) in [7, 11) is -0.290. The molecule has 0 aromatic carbocycles. The number of H-pyrrole nitrogens is 1. The zero-order valence-corrected chi connectivity index (χ0v) is 9.19. The fourth-order valence-electron chi connectivity index (χ4n) is 2.22. The topological polar surface area (TPSA) is 52.1 Å². The van der Waals surface area contributed by atoms with Crippen LogP contribution in [0.25, 0.3) is 0 Å². The highest BCUT2D eigenvalue weighted by atomic mass is 16.2. The van der Waals surface area contributed by atoms with Crippen molar-refractivity contribution < 1.29 is 5.02 Å². The average Bonchev–Trinajstić information content (AvgIpc) is 2.86. The van der Waals surface area contributed by atoms with E-state index in [1.54, 1.807) is 6.33 Å². The highest BCUT2D eigenvalue weighted by Crippen LogP contribution is 2.21. The minimum absolute atomic E-state index is 0.290. The van der Waals surface area contributed by atoms with Crippen molar-refractivity contribution in [3.63, 3.8) is 0 Å². The van der Waals surface area contributed by atoms with E-state index in [-0.39, 0.29) is 7.05 Å². The largest absolute Gasteiger partial charge is 0.437 e. The first-order chi connectivity index (χ1) is 7.25. The van der Waals surface area contributed by atoms with Crippen LogP contribution >= 0.6 is 0 Å². The highest BCUT2D eigenvalue weighted by Gasteiger charge is 2.26. The van der Waals surface area contributed by atoms with Gasteiger partial charge in [0.05, 0.1) is 6.33 Å². The third-order valence-corrected chi connectivity index (χ3v) is 3.22. The summed E-state index contributed by atoms with van der Waals surface area (Å²) in [6.07, 6.45) is 7.08. The zero-order chi connectivity index (χ0) is 10.7. The van der Waals surface area contributed by atoms with E-state index in [1.807, 2.05) is 13.0 Å². The molecule has 0 aliphatic carbocycles. The molecule has 1 aromatic heterocycles. The maximum Gasteiger partial charge on any atom is 0.376 e. The van der Waals surface area contributed by atoms with Crippen LogP contribution < -0.4 is 0 Å². The lowest BCUT2D eigenvalue weighted by Gasteiger charge is -2.15. The smallest absolute Gasteiger partial charge is 0.376 e. The predicted octanol–water partition coefficient (Wildman–Crippen LogP) is 0.774. The average molecular weight is 207 g/mol. The Morgan fingerprint density at radius 3 is 3.20 bits per heavy atom. The number of imidazole rings is 1. The maximum atomic E-state index is 9.43. The van der Waals surface area contributed by atoms with Crippen molar-refractivity contribution in [1.82, 2.24) is 14.8 Å². The van der Waals surface area contributed by atoms with Gasteiger partial charge in [-0.05, 0) is 45.1 Å². The van der Waals surface area contributed by atoms with Crippen molar-refractivity contribution >= 4 is 7.05 Å². The number of hydrogen-bond donors (Lipinski definition) is 2. The number of aromatic nitrogens is 2. The molecule has 0 spiro atoms. The lowest BCUT2D eigenvalue weighted by molar-refractivity contribution is 0.403. The van der Waals surface area contributed by atoms with Gasteiger partial charge in [-0.15, -0.1) is 0 Å². The quantitative estimate of drug-likeness (QED) is 0.717. The summed E-state index contributed by atoms with van der Waals surface area (Å²) >= 11 is 0. The molecule has 15 heavy (non-hydrogen) atoms. The summed E-state index contributed by atoms with van der Waals surface area (Å²) in [4.78, 5) is 9.26. The molecule has 2 N–H and O–H groups in total. The Bertz CT molecular complexity index is 289. The summed E-state index contributed by atoms with van der Waals surface area (Å²) in [5.74, 6) is 0.725. The van der Waals surface area contributed by atoms with E-state index in [4.69, 9.17) is 0 Å². The Balaban J connectivity index is 1.73. The Morgan fingerprint density at radius 2 is 2.60 bits per heavy atom. The third kappa shape index (κ3) is 2.82. The van der Waals surface area contributed by atoms with Gasteiger partial charge in [0.2, 0.25) is 0 Å². The van der Waals surface area contributed by atoms with Crippen molar-refractivity contribution in [1.29, 1.82) is 0 Å². The first kappa shape index (κ1) is 10.7. The van der Waals surface area contributed by atoms with Gasteiger partial charge in [0, 0.05) is 11.9 Å². The van der Waals surface area contributed by atoms with Crippen LogP contribution in [0.1, 0.15) is 18.5 Å². The standard InChI is InChI=1S/C10H18BN3O/c1-11(15)14-5-4-9(7-14)2-3-10-6-12-8-13-10/h6,8-9,15H,2-5,7H2,1H3,(H,12,13). The second-order valence-electron chi connectivity index (χ2n) is 4.40. The first-order valence-corrected chi connectivity index (χ1v) is 5.65. The van der Waals surface area contributed by atoms with Crippen LogP contribution in [-0.2, 0) is 6.42 Å². The van der Waals surface area contributed by atoms with Crippen LogP contribution in [0.15, 0.2) is 12.5 Å². The Kier molecular flexibility index (Phi) is 3.43. The second-order valence-corrected chi connectivity index (χ2v) is 4.40. The second kappa shape index (κ2) is 4.81. The van der Waals surface area contributed by atoms with Gasteiger partial charge in [-0.3, -0.25) is 0 Å². The molecule has 2 heterocycles. The van der Waals surface area contributed by atoms with E-state index < -0.39 is 0 Å². The molecule has 1 atom stereocenters. The number of aromatic amines is 1. The van der Waals surface area contributed by atoms with Gasteiger partial charge in [0.15, 0.2) is 0 Å². The minimum Gasteiger partial charge on any atom is -0.437 e. The molecule has 5 heteroatoms. The maximum absolute atomic E-state index is 9.43. The fourth-order valence-corrected chi connectivity index (χ4v) is 2.22. The molecular weight excluding hydrogens is 189 g/mol. The monoisotopic (exact) mass is 207 g/mol. The molecule has 4 nitrogen and oxygen atoms in total. The molecule has 2 rings (SSSR count). The summed E-state index contributed by atoms with van der Waals surface area (Å²) in [6, 6.07) is 0. The van der Waals surface area contributed by atoms with E-state index >= 15 is 0 Å². The van der Waals surface area contributed by atoms with E-state index in [1.165, 1.54) is 18.5 Å². The van der Waals surface area contributed by atoms with Gasteiger partial charge in [0.1, 0.15) is 0 Å². The van der Waals surface area contributed by atoms with Crippen LogP contribution in [0.2, 0.25) is 6.82 Å². The van der Waals surface area contributed by atoms with Crippen LogP contribution in [0.5, 0.6) is 0 Å². The molecule has 82 valence electrons. The van der Waals surface area contributed by atoms with Crippen molar-refractivity contribution in [2.75, 3.05) is 13.1 Å². The van der Waals surface area contributed by atoms with Gasteiger partial charge < -0.3 is 14.8 Å². The van der Waals surface area contributed by atoms with Crippen LogP contribution in [0.4, 0.5) is 0 Å². The van der Waals surface area contributed by atoms with Gasteiger partial charge in [-0.1, -0.05) is 0 Å². The highest BCUT2D eigenvalue weighted by molar-refractivity contribution is 6.45. The van der Waals surface area contributed by atoms with Gasteiger partial charge in [-0.2, -0.15) is 0 Å². The van der Waals surface area contributed by atoms with Crippen molar-refractivity contribution in [3.05, 3.63) is 18.2 Å². The summed E-state index contributed by atoms with van der Waals surface area (Å²) in [5.41, 5.74) is 1.21. The molecule has 1 aliphatic heterocycles. The molecule has 1 aliphatic rings. The normalized spacial score (nSPS) is 22.1. The lowest BCUT2D eigenvalue weighted by Crippen LogP contribution is -2.34. The first-order valence-electron chi connectivity index (χ1n) is 5.65. The third-order valence-electron chi connectivity index (χ3n) is 3.22. The van der Waals surface area contributed by atoms with Crippen LogP contribution in [0.3, 0.4) is 0 Å². The molecule has 1 aromatic rings. The van der Waals surface area contributed by atoms with Crippen LogP contribution in [0, 0.1) is 5.92 Å². The molecule has 1 fully saturated rings. The number of rotatable bonds is 4. The molecule has 1 unspecified atom stereocenters. The van der Waals surface area contributed by atoms with E-state index in [2.05, 4.69) is 14.8 Å². The van der Waals surface area contributed by atoms with Crippen LogP contribution in [-0.4, -0.2) is 39.9 Å². The van der Waals surface area contributed by atoms with Crippen molar-refractivity contribution in [2.24, 2.45) is 5.92 Å². The summed E-state index contributed by atoms with van der Waals surface area (Å²) in [6.45, 7) is 3.91. The molecule has 0 radical (unpaired) electrons. The molecule has 1 saturated heterocycles. The zero-order valence-electron chi connectivity index (χ0n) is 9.19. The van der Waals surface area contributed by atoms with E-state index in [0.29, 0.717) is 0 Å². The summed E-state index contributed by atoms with van der Waals surface area (Å²) < 4.78 is 0. The molecule has 0 bridgehead atoms. The Morgan fingerprint density at radius 1 is 1.73 bits per heavy atom. The number of hydrogen-bond acceptors (Lipinski definition) is 3. The predicted molar refractivity (Wildman–Crippen MR) is 60.4 cm³/mol. The van der Waals surface area contributed by atoms with Gasteiger partial charge in [0.25, 0.3) is 0 Å². The van der Waals surface area contributed by atoms with E-state index in [9.17, 15) is 5.02 Å². The Hall–Kier alpha value is -0.805. The van der Waals surface area contributed by atoms with Crippen molar-refractivity contribution in [2.45, 2.75) is 26.1 Å².